The van der Waals surface area contributed by atoms with Gasteiger partial charge in [-0.15, -0.1) is 0 Å². The molecule has 0 saturated heterocycles. The van der Waals surface area contributed by atoms with E-state index in [2.05, 4.69) is 20.5 Å². The van der Waals surface area contributed by atoms with Gasteiger partial charge in [-0.05, 0) is 30.3 Å². The number of para-hydroxylation sites is 1. The minimum atomic E-state index is -0.458. The first-order valence-electron chi connectivity index (χ1n) is 7.75. The van der Waals surface area contributed by atoms with E-state index in [4.69, 9.17) is 0 Å². The first-order valence-corrected chi connectivity index (χ1v) is 7.75. The van der Waals surface area contributed by atoms with Crippen LogP contribution in [-0.2, 0) is 6.54 Å². The zero-order valence-corrected chi connectivity index (χ0v) is 13.9. The third-order valence-electron chi connectivity index (χ3n) is 3.61. The van der Waals surface area contributed by atoms with Crippen molar-refractivity contribution in [1.29, 1.82) is 0 Å². The van der Waals surface area contributed by atoms with Crippen LogP contribution < -0.4 is 15.5 Å². The molecule has 6 heteroatoms. The number of aliphatic imine (C=N–C) groups is 1. The van der Waals surface area contributed by atoms with Gasteiger partial charge in [0.1, 0.15) is 11.6 Å². The average Bonchev–Trinajstić information content (AvgIpc) is 2.61. The van der Waals surface area contributed by atoms with Crippen LogP contribution in [0.5, 0.6) is 0 Å². The Balaban J connectivity index is 1.79. The van der Waals surface area contributed by atoms with Gasteiger partial charge in [0.25, 0.3) is 0 Å². The minimum Gasteiger partial charge on any atom is -0.373 e. The fraction of sp³-hybridized carbons (Fsp3) is 0.278. The molecule has 0 atom stereocenters. The Kier molecular flexibility index (Phi) is 6.54. The summed E-state index contributed by atoms with van der Waals surface area (Å²) >= 11 is 0. The monoisotopic (exact) mass is 332 g/mol. The van der Waals surface area contributed by atoms with Gasteiger partial charge in [-0.3, -0.25) is 4.99 Å². The number of hydrogen-bond donors (Lipinski definition) is 2. The third kappa shape index (κ3) is 5.22. The summed E-state index contributed by atoms with van der Waals surface area (Å²) in [4.78, 5) is 6.20. The molecule has 2 aromatic rings. The fourth-order valence-corrected chi connectivity index (χ4v) is 2.23. The van der Waals surface area contributed by atoms with Crippen molar-refractivity contribution in [3.8, 4) is 0 Å². The highest BCUT2D eigenvalue weighted by Crippen LogP contribution is 2.10. The van der Waals surface area contributed by atoms with Gasteiger partial charge in [0.15, 0.2) is 5.96 Å². The Morgan fingerprint density at radius 1 is 1.08 bits per heavy atom. The highest BCUT2D eigenvalue weighted by molar-refractivity contribution is 5.79. The molecule has 128 valence electrons. The molecule has 0 amide bonds. The number of hydrogen-bond acceptors (Lipinski definition) is 2. The Hall–Kier alpha value is -2.63. The molecule has 0 aliphatic carbocycles. The predicted molar refractivity (Wildman–Crippen MR) is 94.3 cm³/mol. The van der Waals surface area contributed by atoms with Crippen LogP contribution in [0.3, 0.4) is 0 Å². The van der Waals surface area contributed by atoms with Crippen LogP contribution in [0.2, 0.25) is 0 Å². The van der Waals surface area contributed by atoms with Crippen molar-refractivity contribution in [3.63, 3.8) is 0 Å². The van der Waals surface area contributed by atoms with Crippen molar-refractivity contribution in [2.45, 2.75) is 6.54 Å². The van der Waals surface area contributed by atoms with E-state index < -0.39 is 11.6 Å². The van der Waals surface area contributed by atoms with Gasteiger partial charge in [-0.1, -0.05) is 18.2 Å². The number of likely N-dealkylation sites (N-methyl/N-ethyl adjacent to an activating group) is 1. The minimum absolute atomic E-state index is 0.164. The smallest absolute Gasteiger partial charge is 0.191 e. The lowest BCUT2D eigenvalue weighted by molar-refractivity contribution is 0.581. The van der Waals surface area contributed by atoms with Crippen LogP contribution in [0.1, 0.15) is 5.56 Å². The fourth-order valence-electron chi connectivity index (χ4n) is 2.23. The van der Waals surface area contributed by atoms with Crippen molar-refractivity contribution in [2.24, 2.45) is 4.99 Å². The highest BCUT2D eigenvalue weighted by Gasteiger charge is 2.05. The van der Waals surface area contributed by atoms with Gasteiger partial charge in [0.2, 0.25) is 0 Å². The molecule has 0 aromatic heterocycles. The third-order valence-corrected chi connectivity index (χ3v) is 3.61. The summed E-state index contributed by atoms with van der Waals surface area (Å²) in [6.07, 6.45) is 0. The lowest BCUT2D eigenvalue weighted by atomic mass is 10.2. The van der Waals surface area contributed by atoms with Crippen molar-refractivity contribution < 1.29 is 8.78 Å². The quantitative estimate of drug-likeness (QED) is 0.631. The van der Waals surface area contributed by atoms with Gasteiger partial charge in [0.05, 0.1) is 0 Å². The van der Waals surface area contributed by atoms with Gasteiger partial charge in [-0.25, -0.2) is 8.78 Å². The molecule has 0 heterocycles. The van der Waals surface area contributed by atoms with Crippen molar-refractivity contribution in [3.05, 3.63) is 65.7 Å². The SMILES string of the molecule is CN=C(NCCN(C)c1ccccc1)NCc1cc(F)ccc1F. The van der Waals surface area contributed by atoms with Crippen molar-refractivity contribution in [2.75, 3.05) is 32.1 Å². The van der Waals surface area contributed by atoms with Gasteiger partial charge in [-0.2, -0.15) is 0 Å². The summed E-state index contributed by atoms with van der Waals surface area (Å²) in [6, 6.07) is 13.5. The molecular formula is C18H22F2N4. The summed E-state index contributed by atoms with van der Waals surface area (Å²) in [5.41, 5.74) is 1.39. The average molecular weight is 332 g/mol. The van der Waals surface area contributed by atoms with E-state index in [1.807, 2.05) is 37.4 Å². The van der Waals surface area contributed by atoms with Gasteiger partial charge >= 0.3 is 0 Å². The van der Waals surface area contributed by atoms with E-state index in [9.17, 15) is 8.78 Å². The topological polar surface area (TPSA) is 39.7 Å². The molecule has 0 bridgehead atoms. The molecule has 2 rings (SSSR count). The lowest BCUT2D eigenvalue weighted by Gasteiger charge is -2.20. The lowest BCUT2D eigenvalue weighted by Crippen LogP contribution is -2.40. The number of halogens is 2. The second kappa shape index (κ2) is 8.86. The van der Waals surface area contributed by atoms with E-state index >= 15 is 0 Å². The first kappa shape index (κ1) is 17.7. The van der Waals surface area contributed by atoms with Crippen LogP contribution in [0.4, 0.5) is 14.5 Å². The number of rotatable bonds is 6. The summed E-state index contributed by atoms with van der Waals surface area (Å²) in [7, 11) is 3.65. The van der Waals surface area contributed by atoms with Gasteiger partial charge in [0, 0.05) is 45.0 Å². The van der Waals surface area contributed by atoms with E-state index in [0.29, 0.717) is 12.5 Å². The Labute approximate surface area is 141 Å². The second-order valence-electron chi connectivity index (χ2n) is 5.35. The van der Waals surface area contributed by atoms with E-state index in [-0.39, 0.29) is 12.1 Å². The molecule has 2 N–H and O–H groups in total. The summed E-state index contributed by atoms with van der Waals surface area (Å²) in [5.74, 6) is -0.357. The maximum absolute atomic E-state index is 13.6. The molecule has 0 aliphatic rings. The van der Waals surface area contributed by atoms with Crippen molar-refractivity contribution in [1.82, 2.24) is 10.6 Å². The van der Waals surface area contributed by atoms with Crippen LogP contribution in [-0.4, -0.2) is 33.1 Å². The zero-order valence-electron chi connectivity index (χ0n) is 13.9. The van der Waals surface area contributed by atoms with E-state index in [1.165, 1.54) is 6.07 Å². The molecule has 0 radical (unpaired) electrons. The van der Waals surface area contributed by atoms with Crippen molar-refractivity contribution >= 4 is 11.6 Å². The van der Waals surface area contributed by atoms with Crippen LogP contribution in [0.25, 0.3) is 0 Å². The molecule has 2 aromatic carbocycles. The molecule has 0 saturated carbocycles. The second-order valence-corrected chi connectivity index (χ2v) is 5.35. The Bertz CT molecular complexity index is 674. The largest absolute Gasteiger partial charge is 0.373 e. The standard InChI is InChI=1S/C18H22F2N4/c1-21-18(23-13-14-12-15(19)8-9-17(14)20)22-10-11-24(2)16-6-4-3-5-7-16/h3-9,12H,10-11,13H2,1-2H3,(H2,21,22,23). The number of benzene rings is 2. The number of nitrogens with zero attached hydrogens (tertiary/aromatic N) is 2. The van der Waals surface area contributed by atoms with Gasteiger partial charge < -0.3 is 15.5 Å². The highest BCUT2D eigenvalue weighted by atomic mass is 19.1. The first-order chi connectivity index (χ1) is 11.6. The van der Waals surface area contributed by atoms with Crippen LogP contribution >= 0.6 is 0 Å². The molecule has 0 aliphatic heterocycles. The molecule has 24 heavy (non-hydrogen) atoms. The molecule has 4 nitrogen and oxygen atoms in total. The van der Waals surface area contributed by atoms with E-state index in [0.717, 1.165) is 24.4 Å². The van der Waals surface area contributed by atoms with Crippen LogP contribution in [0.15, 0.2) is 53.5 Å². The Morgan fingerprint density at radius 3 is 2.54 bits per heavy atom. The maximum Gasteiger partial charge on any atom is 0.191 e. The number of nitrogens with one attached hydrogen (secondary N) is 2. The van der Waals surface area contributed by atoms with E-state index in [1.54, 1.807) is 7.05 Å². The van der Waals surface area contributed by atoms with Crippen LogP contribution in [0, 0.1) is 11.6 Å². The summed E-state index contributed by atoms with van der Waals surface area (Å²) < 4.78 is 26.8. The molecular weight excluding hydrogens is 310 g/mol. The number of guanidine groups is 1. The normalized spacial score (nSPS) is 11.2. The summed E-state index contributed by atoms with van der Waals surface area (Å²) in [5, 5.41) is 6.14. The predicted octanol–water partition coefficient (Wildman–Crippen LogP) is 2.77. The number of anilines is 1. The Morgan fingerprint density at radius 2 is 1.83 bits per heavy atom. The summed E-state index contributed by atoms with van der Waals surface area (Å²) in [6.45, 7) is 1.60. The molecule has 0 unspecified atom stereocenters. The zero-order chi connectivity index (χ0) is 17.4. The maximum atomic E-state index is 13.6. The molecule has 0 spiro atoms. The molecule has 0 fully saturated rings.